The number of nitrogens with zero attached hydrogens (tertiary/aromatic N) is 4. The van der Waals surface area contributed by atoms with Crippen LogP contribution in [0.25, 0.3) is 11.2 Å². The molecule has 0 aliphatic carbocycles. The van der Waals surface area contributed by atoms with E-state index in [1.165, 1.54) is 0 Å². The predicted molar refractivity (Wildman–Crippen MR) is 117 cm³/mol. The monoisotopic (exact) mass is 395 g/mol. The number of aromatic nitrogens is 4. The van der Waals surface area contributed by atoms with E-state index in [0.717, 1.165) is 34.5 Å². The Morgan fingerprint density at radius 2 is 1.83 bits per heavy atom. The van der Waals surface area contributed by atoms with Gasteiger partial charge in [-0.25, -0.2) is 4.98 Å². The Bertz CT molecular complexity index is 1010. The Kier molecular flexibility index (Phi) is 6.21. The van der Waals surface area contributed by atoms with Gasteiger partial charge in [-0.2, -0.15) is 9.97 Å². The van der Waals surface area contributed by atoms with Crippen LogP contribution in [0.2, 0.25) is 0 Å². The third kappa shape index (κ3) is 4.77. The summed E-state index contributed by atoms with van der Waals surface area (Å²) in [5.74, 6) is 1.50. The fraction of sp³-hybridized carbons (Fsp3) is 0.381. The maximum Gasteiger partial charge on any atom is 0.231 e. The molecule has 1 aromatic carbocycles. The van der Waals surface area contributed by atoms with Gasteiger partial charge in [-0.1, -0.05) is 12.1 Å². The van der Waals surface area contributed by atoms with E-state index in [1.807, 2.05) is 37.6 Å². The highest BCUT2D eigenvalue weighted by Crippen LogP contribution is 2.24. The van der Waals surface area contributed by atoms with Crippen LogP contribution in [0.4, 0.5) is 11.8 Å². The summed E-state index contributed by atoms with van der Waals surface area (Å²) in [5.41, 5.74) is 4.65. The zero-order chi connectivity index (χ0) is 21.0. The molecule has 0 atom stereocenters. The molecule has 8 heteroatoms. The van der Waals surface area contributed by atoms with Crippen molar-refractivity contribution >= 4 is 22.9 Å². The largest absolute Gasteiger partial charge is 0.508 e. The Labute approximate surface area is 171 Å². The van der Waals surface area contributed by atoms with E-state index in [2.05, 4.69) is 39.8 Å². The summed E-state index contributed by atoms with van der Waals surface area (Å²) in [6, 6.07) is 7.47. The lowest BCUT2D eigenvalue weighted by Gasteiger charge is -2.13. The maximum absolute atomic E-state index is 9.43. The molecule has 0 saturated heterocycles. The van der Waals surface area contributed by atoms with Crippen LogP contribution >= 0.6 is 0 Å². The molecule has 0 spiro atoms. The molecule has 3 rings (SSSR count). The van der Waals surface area contributed by atoms with Crippen molar-refractivity contribution in [2.24, 2.45) is 0 Å². The van der Waals surface area contributed by atoms with Crippen LogP contribution in [0.15, 0.2) is 42.0 Å². The number of benzene rings is 1. The summed E-state index contributed by atoms with van der Waals surface area (Å²) in [7, 11) is 1.88. The molecular weight excluding hydrogens is 366 g/mol. The smallest absolute Gasteiger partial charge is 0.231 e. The summed E-state index contributed by atoms with van der Waals surface area (Å²) >= 11 is 0. The molecule has 0 aliphatic heterocycles. The average molecular weight is 396 g/mol. The number of hydrogen-bond donors (Lipinski definition) is 4. The molecule has 4 N–H and O–H groups in total. The number of aromatic hydroxyl groups is 1. The van der Waals surface area contributed by atoms with E-state index in [0.29, 0.717) is 18.3 Å². The van der Waals surface area contributed by atoms with Crippen molar-refractivity contribution in [1.82, 2.24) is 24.8 Å². The summed E-state index contributed by atoms with van der Waals surface area (Å²) in [6.45, 7) is 8.87. The van der Waals surface area contributed by atoms with Crippen LogP contribution in [0.3, 0.4) is 0 Å². The van der Waals surface area contributed by atoms with Crippen LogP contribution in [0.1, 0.15) is 39.3 Å². The molecule has 0 bridgehead atoms. The molecule has 8 nitrogen and oxygen atoms in total. The van der Waals surface area contributed by atoms with Gasteiger partial charge in [0.05, 0.1) is 6.33 Å². The van der Waals surface area contributed by atoms with Crippen LogP contribution in [-0.2, 0) is 6.42 Å². The highest BCUT2D eigenvalue weighted by Gasteiger charge is 2.15. The Balaban J connectivity index is 1.88. The zero-order valence-electron chi connectivity index (χ0n) is 17.6. The van der Waals surface area contributed by atoms with Crippen LogP contribution in [0, 0.1) is 0 Å². The van der Waals surface area contributed by atoms with Gasteiger partial charge in [0, 0.05) is 31.0 Å². The van der Waals surface area contributed by atoms with Gasteiger partial charge in [0.2, 0.25) is 5.95 Å². The second-order valence-corrected chi connectivity index (χ2v) is 7.28. The van der Waals surface area contributed by atoms with Crippen molar-refractivity contribution in [3.8, 4) is 5.75 Å². The predicted octanol–water partition coefficient (Wildman–Crippen LogP) is 3.65. The van der Waals surface area contributed by atoms with Gasteiger partial charge >= 0.3 is 0 Å². The average Bonchev–Trinajstić information content (AvgIpc) is 3.13. The maximum atomic E-state index is 9.43. The molecule has 0 amide bonds. The van der Waals surface area contributed by atoms with Crippen LogP contribution in [-0.4, -0.2) is 38.2 Å². The lowest BCUT2D eigenvalue weighted by Crippen LogP contribution is -2.13. The van der Waals surface area contributed by atoms with Crippen molar-refractivity contribution < 1.29 is 5.11 Å². The fourth-order valence-corrected chi connectivity index (χ4v) is 2.91. The zero-order valence-corrected chi connectivity index (χ0v) is 17.6. The number of hydrogen-bond acceptors (Lipinski definition) is 7. The van der Waals surface area contributed by atoms with Crippen molar-refractivity contribution in [2.45, 2.75) is 40.2 Å². The number of allylic oxidation sites excluding steroid dienone is 2. The summed E-state index contributed by atoms with van der Waals surface area (Å²) < 4.78 is 2.04. The highest BCUT2D eigenvalue weighted by atomic mass is 16.3. The first-order chi connectivity index (χ1) is 13.9. The second kappa shape index (κ2) is 8.81. The molecule has 0 fully saturated rings. The van der Waals surface area contributed by atoms with E-state index in [-0.39, 0.29) is 11.8 Å². The Morgan fingerprint density at radius 1 is 1.10 bits per heavy atom. The summed E-state index contributed by atoms with van der Waals surface area (Å²) in [5, 5.41) is 19.2. The summed E-state index contributed by atoms with van der Waals surface area (Å²) in [4.78, 5) is 13.9. The quantitative estimate of drug-likeness (QED) is 0.462. The second-order valence-electron chi connectivity index (χ2n) is 7.28. The van der Waals surface area contributed by atoms with Gasteiger partial charge in [-0.05, 0) is 51.8 Å². The van der Waals surface area contributed by atoms with Crippen molar-refractivity contribution in [3.63, 3.8) is 0 Å². The molecular formula is C21H29N7O. The number of phenolic OH excluding ortho intramolecular Hbond substituents is 1. The molecule has 0 unspecified atom stereocenters. The Hall–Kier alpha value is -3.29. The minimum absolute atomic E-state index is 0.239. The number of imidazole rings is 1. The molecule has 154 valence electrons. The van der Waals surface area contributed by atoms with E-state index < -0.39 is 0 Å². The number of phenols is 1. The van der Waals surface area contributed by atoms with E-state index in [1.54, 1.807) is 18.5 Å². The van der Waals surface area contributed by atoms with E-state index in [9.17, 15) is 5.11 Å². The van der Waals surface area contributed by atoms with Crippen molar-refractivity contribution in [1.29, 1.82) is 0 Å². The van der Waals surface area contributed by atoms with Gasteiger partial charge in [0.1, 0.15) is 5.75 Å². The van der Waals surface area contributed by atoms with Gasteiger partial charge in [0.25, 0.3) is 0 Å². The van der Waals surface area contributed by atoms with Crippen LogP contribution < -0.4 is 16.0 Å². The summed E-state index contributed by atoms with van der Waals surface area (Å²) in [6.07, 6.45) is 2.61. The van der Waals surface area contributed by atoms with Gasteiger partial charge in [0.15, 0.2) is 17.0 Å². The molecule has 3 aromatic rings. The standard InChI is InChI=1S/C21H29N7O/c1-13(2)28-12-24-18-19(23-11-10-16-6-8-17(29)9-7-16)26-21(27-20(18)28)25-15(4)14(3)22-5/h6-9,12-13,22,29H,10-11H2,1-5H3,(H2,23,25,26,27)/b15-14-. The minimum Gasteiger partial charge on any atom is -0.508 e. The van der Waals surface area contributed by atoms with E-state index in [4.69, 9.17) is 4.98 Å². The van der Waals surface area contributed by atoms with Gasteiger partial charge < -0.3 is 25.6 Å². The number of nitrogens with one attached hydrogen (secondary N) is 3. The molecule has 29 heavy (non-hydrogen) atoms. The third-order valence-electron chi connectivity index (χ3n) is 4.86. The lowest BCUT2D eigenvalue weighted by molar-refractivity contribution is 0.475. The van der Waals surface area contributed by atoms with Gasteiger partial charge in [-0.15, -0.1) is 0 Å². The third-order valence-corrected chi connectivity index (χ3v) is 4.86. The van der Waals surface area contributed by atoms with Crippen molar-refractivity contribution in [2.75, 3.05) is 24.2 Å². The number of fused-ring (bicyclic) bond motifs is 1. The normalized spacial score (nSPS) is 12.2. The first-order valence-electron chi connectivity index (χ1n) is 9.77. The Morgan fingerprint density at radius 3 is 2.48 bits per heavy atom. The topological polar surface area (TPSA) is 99.9 Å². The highest BCUT2D eigenvalue weighted by molar-refractivity contribution is 5.84. The molecule has 2 heterocycles. The molecule has 0 aliphatic rings. The molecule has 2 aromatic heterocycles. The number of anilines is 2. The fourth-order valence-electron chi connectivity index (χ4n) is 2.91. The van der Waals surface area contributed by atoms with Gasteiger partial charge in [-0.3, -0.25) is 0 Å². The SMILES string of the molecule is CN/C(C)=C(/C)Nc1nc(NCCc2ccc(O)cc2)c2ncn(C(C)C)c2n1. The van der Waals surface area contributed by atoms with E-state index >= 15 is 0 Å². The first-order valence-corrected chi connectivity index (χ1v) is 9.77. The lowest BCUT2D eigenvalue weighted by atomic mass is 10.1. The number of rotatable bonds is 8. The van der Waals surface area contributed by atoms with Crippen LogP contribution in [0.5, 0.6) is 5.75 Å². The molecule has 0 saturated carbocycles. The minimum atomic E-state index is 0.239. The first kappa shape index (κ1) is 20.4. The molecule has 0 radical (unpaired) electrons. The van der Waals surface area contributed by atoms with Crippen molar-refractivity contribution in [3.05, 3.63) is 47.6 Å².